The van der Waals surface area contributed by atoms with Crippen molar-refractivity contribution in [2.75, 3.05) is 0 Å². The van der Waals surface area contributed by atoms with Gasteiger partial charge in [-0.1, -0.05) is 30.7 Å². The molecule has 0 aliphatic carbocycles. The van der Waals surface area contributed by atoms with Crippen molar-refractivity contribution in [3.8, 4) is 0 Å². The highest BCUT2D eigenvalue weighted by Crippen LogP contribution is 2.22. The molecule has 0 radical (unpaired) electrons. The molecule has 2 heterocycles. The maximum Gasteiger partial charge on any atom is 0.167 e. The standard InChI is InChI=1S/C12H16ClN5S/c1-3-8-10(13)9(18(4-2)16-8)7-17-6-5-15-12(17)11(14)19/h5-6H,3-4,7H2,1-2H3,(H2,14,19). The highest BCUT2D eigenvalue weighted by molar-refractivity contribution is 7.80. The number of nitrogens with zero attached hydrogens (tertiary/aromatic N) is 4. The lowest BCUT2D eigenvalue weighted by Gasteiger charge is -2.09. The molecule has 2 aromatic heterocycles. The molecule has 19 heavy (non-hydrogen) atoms. The van der Waals surface area contributed by atoms with Crippen molar-refractivity contribution < 1.29 is 0 Å². The second-order valence-electron chi connectivity index (χ2n) is 4.12. The van der Waals surface area contributed by atoms with Crippen LogP contribution in [-0.2, 0) is 19.5 Å². The molecular formula is C12H16ClN5S. The van der Waals surface area contributed by atoms with Gasteiger partial charge in [-0.2, -0.15) is 5.10 Å². The Kier molecular flexibility index (Phi) is 4.21. The van der Waals surface area contributed by atoms with Crippen molar-refractivity contribution in [2.45, 2.75) is 33.4 Å². The van der Waals surface area contributed by atoms with Crippen molar-refractivity contribution in [3.63, 3.8) is 0 Å². The average molecular weight is 298 g/mol. The monoisotopic (exact) mass is 297 g/mol. The second-order valence-corrected chi connectivity index (χ2v) is 4.94. The molecule has 2 aromatic rings. The fourth-order valence-electron chi connectivity index (χ4n) is 1.99. The summed E-state index contributed by atoms with van der Waals surface area (Å²) < 4.78 is 3.79. The smallest absolute Gasteiger partial charge is 0.167 e. The quantitative estimate of drug-likeness (QED) is 0.858. The zero-order valence-corrected chi connectivity index (χ0v) is 12.5. The van der Waals surface area contributed by atoms with E-state index in [1.807, 2.05) is 29.3 Å². The summed E-state index contributed by atoms with van der Waals surface area (Å²) in [7, 11) is 0. The highest BCUT2D eigenvalue weighted by Gasteiger charge is 2.16. The number of halogens is 1. The summed E-state index contributed by atoms with van der Waals surface area (Å²) >= 11 is 11.4. The lowest BCUT2D eigenvalue weighted by Crippen LogP contribution is -2.18. The molecule has 0 aliphatic heterocycles. The largest absolute Gasteiger partial charge is 0.387 e. The Morgan fingerprint density at radius 3 is 2.79 bits per heavy atom. The predicted octanol–water partition coefficient (Wildman–Crippen LogP) is 2.00. The van der Waals surface area contributed by atoms with E-state index in [0.29, 0.717) is 17.4 Å². The second kappa shape index (κ2) is 5.71. The molecule has 7 heteroatoms. The highest BCUT2D eigenvalue weighted by atomic mass is 35.5. The first-order valence-corrected chi connectivity index (χ1v) is 6.92. The van der Waals surface area contributed by atoms with Crippen LogP contribution in [0.1, 0.15) is 31.1 Å². The summed E-state index contributed by atoms with van der Waals surface area (Å²) in [6, 6.07) is 0. The Hall–Kier alpha value is -1.40. The maximum atomic E-state index is 6.38. The fourth-order valence-corrected chi connectivity index (χ4v) is 2.49. The van der Waals surface area contributed by atoms with E-state index in [4.69, 9.17) is 29.6 Å². The van der Waals surface area contributed by atoms with Crippen LogP contribution in [0.5, 0.6) is 0 Å². The van der Waals surface area contributed by atoms with Crippen LogP contribution in [-0.4, -0.2) is 24.3 Å². The minimum Gasteiger partial charge on any atom is -0.387 e. The Labute approximate surface area is 122 Å². The molecule has 0 amide bonds. The van der Waals surface area contributed by atoms with E-state index >= 15 is 0 Å². The third-order valence-corrected chi connectivity index (χ3v) is 3.57. The average Bonchev–Trinajstić information content (AvgIpc) is 2.96. The number of aryl methyl sites for hydroxylation is 2. The molecule has 0 fully saturated rings. The molecule has 2 N–H and O–H groups in total. The van der Waals surface area contributed by atoms with Gasteiger partial charge in [-0.15, -0.1) is 0 Å². The topological polar surface area (TPSA) is 61.7 Å². The van der Waals surface area contributed by atoms with Crippen LogP contribution in [0.15, 0.2) is 12.4 Å². The van der Waals surface area contributed by atoms with Crippen molar-refractivity contribution in [2.24, 2.45) is 5.73 Å². The van der Waals surface area contributed by atoms with E-state index in [2.05, 4.69) is 10.1 Å². The van der Waals surface area contributed by atoms with E-state index in [1.165, 1.54) is 0 Å². The molecule has 0 saturated heterocycles. The summed E-state index contributed by atoms with van der Waals surface area (Å²) in [5, 5.41) is 5.20. The van der Waals surface area contributed by atoms with Crippen molar-refractivity contribution >= 4 is 28.8 Å². The van der Waals surface area contributed by atoms with Gasteiger partial charge in [0.25, 0.3) is 0 Å². The van der Waals surface area contributed by atoms with Gasteiger partial charge in [-0.3, -0.25) is 4.68 Å². The Bertz CT molecular complexity index is 601. The lowest BCUT2D eigenvalue weighted by atomic mass is 10.3. The zero-order chi connectivity index (χ0) is 14.0. The summed E-state index contributed by atoms with van der Waals surface area (Å²) in [5.41, 5.74) is 7.51. The Morgan fingerprint density at radius 2 is 2.21 bits per heavy atom. The molecule has 5 nitrogen and oxygen atoms in total. The molecule has 0 saturated carbocycles. The van der Waals surface area contributed by atoms with Gasteiger partial charge in [0, 0.05) is 18.9 Å². The first kappa shape index (κ1) is 14.0. The van der Waals surface area contributed by atoms with E-state index in [9.17, 15) is 0 Å². The number of hydrogen-bond acceptors (Lipinski definition) is 3. The van der Waals surface area contributed by atoms with Crippen molar-refractivity contribution in [3.05, 3.63) is 34.6 Å². The normalized spacial score (nSPS) is 10.9. The number of imidazole rings is 1. The van der Waals surface area contributed by atoms with Crippen LogP contribution in [0, 0.1) is 0 Å². The molecular weight excluding hydrogens is 282 g/mol. The van der Waals surface area contributed by atoms with Crippen LogP contribution < -0.4 is 5.73 Å². The first-order valence-electron chi connectivity index (χ1n) is 6.13. The van der Waals surface area contributed by atoms with Gasteiger partial charge in [0.2, 0.25) is 0 Å². The molecule has 0 unspecified atom stereocenters. The summed E-state index contributed by atoms with van der Waals surface area (Å²) in [6.07, 6.45) is 4.32. The minimum absolute atomic E-state index is 0.277. The van der Waals surface area contributed by atoms with Gasteiger partial charge < -0.3 is 10.3 Å². The summed E-state index contributed by atoms with van der Waals surface area (Å²) in [6.45, 7) is 5.41. The maximum absolute atomic E-state index is 6.38. The van der Waals surface area contributed by atoms with Gasteiger partial charge in [-0.05, 0) is 13.3 Å². The van der Waals surface area contributed by atoms with Crippen LogP contribution in [0.3, 0.4) is 0 Å². The van der Waals surface area contributed by atoms with E-state index in [0.717, 1.165) is 24.4 Å². The van der Waals surface area contributed by atoms with Gasteiger partial charge in [-0.25, -0.2) is 4.98 Å². The number of rotatable bonds is 5. The van der Waals surface area contributed by atoms with Crippen molar-refractivity contribution in [1.82, 2.24) is 19.3 Å². The molecule has 102 valence electrons. The number of aromatic nitrogens is 4. The number of hydrogen-bond donors (Lipinski definition) is 1. The van der Waals surface area contributed by atoms with E-state index < -0.39 is 0 Å². The third kappa shape index (κ3) is 2.64. The predicted molar refractivity (Wildman–Crippen MR) is 79.5 cm³/mol. The summed E-state index contributed by atoms with van der Waals surface area (Å²) in [5.74, 6) is 0.591. The Morgan fingerprint density at radius 1 is 1.47 bits per heavy atom. The zero-order valence-electron chi connectivity index (χ0n) is 10.9. The number of nitrogens with two attached hydrogens (primary N) is 1. The molecule has 0 spiro atoms. The van der Waals surface area contributed by atoms with E-state index in [1.54, 1.807) is 6.20 Å². The third-order valence-electron chi connectivity index (χ3n) is 2.95. The van der Waals surface area contributed by atoms with Crippen LogP contribution in [0.4, 0.5) is 0 Å². The summed E-state index contributed by atoms with van der Waals surface area (Å²) in [4.78, 5) is 4.43. The lowest BCUT2D eigenvalue weighted by molar-refractivity contribution is 0.594. The van der Waals surface area contributed by atoms with Crippen LogP contribution >= 0.6 is 23.8 Å². The Balaban J connectivity index is 2.40. The SMILES string of the molecule is CCc1nn(CC)c(Cn2ccnc2C(N)=S)c1Cl. The molecule has 0 atom stereocenters. The van der Waals surface area contributed by atoms with Crippen LogP contribution in [0.25, 0.3) is 0 Å². The van der Waals surface area contributed by atoms with Gasteiger partial charge in [0.15, 0.2) is 5.82 Å². The van der Waals surface area contributed by atoms with Gasteiger partial charge in [0.05, 0.1) is 23.0 Å². The minimum atomic E-state index is 0.277. The van der Waals surface area contributed by atoms with Crippen LogP contribution in [0.2, 0.25) is 5.02 Å². The van der Waals surface area contributed by atoms with Gasteiger partial charge >= 0.3 is 0 Å². The molecule has 0 aromatic carbocycles. The van der Waals surface area contributed by atoms with E-state index in [-0.39, 0.29) is 4.99 Å². The fraction of sp³-hybridized carbons (Fsp3) is 0.417. The van der Waals surface area contributed by atoms with Gasteiger partial charge in [0.1, 0.15) is 4.99 Å². The van der Waals surface area contributed by atoms with Crippen molar-refractivity contribution in [1.29, 1.82) is 0 Å². The number of thiocarbonyl (C=S) groups is 1. The first-order chi connectivity index (χ1) is 9.08. The molecule has 0 aliphatic rings. The molecule has 2 rings (SSSR count). The molecule has 0 bridgehead atoms.